The van der Waals surface area contributed by atoms with Gasteiger partial charge in [0.25, 0.3) is 0 Å². The zero-order valence-electron chi connectivity index (χ0n) is 19.8. The lowest BCUT2D eigenvalue weighted by molar-refractivity contribution is 0.613. The fourth-order valence-electron chi connectivity index (χ4n) is 4.29. The van der Waals surface area contributed by atoms with E-state index in [2.05, 4.69) is 91.6 Å². The smallest absolute Gasteiger partial charge is 0.123 e. The van der Waals surface area contributed by atoms with Gasteiger partial charge in [-0.3, -0.25) is 5.14 Å². The van der Waals surface area contributed by atoms with E-state index in [0.29, 0.717) is 12.6 Å². The van der Waals surface area contributed by atoms with E-state index >= 15 is 0 Å². The van der Waals surface area contributed by atoms with Crippen LogP contribution in [0.4, 0.5) is 0 Å². The molecule has 1 aliphatic heterocycles. The molecule has 0 bridgehead atoms. The molecule has 0 spiro atoms. The van der Waals surface area contributed by atoms with Gasteiger partial charge in [-0.15, -0.1) is 0 Å². The summed E-state index contributed by atoms with van der Waals surface area (Å²) < 4.78 is 0. The monoisotopic (exact) mass is 475 g/mol. The Bertz CT molecular complexity index is 1210. The molecule has 2 aromatic carbocycles. The van der Waals surface area contributed by atoms with Crippen molar-refractivity contribution in [3.63, 3.8) is 0 Å². The van der Waals surface area contributed by atoms with E-state index in [-0.39, 0.29) is 0 Å². The van der Waals surface area contributed by atoms with Gasteiger partial charge in [-0.2, -0.15) is 10.2 Å². The van der Waals surface area contributed by atoms with Crippen LogP contribution in [0.5, 0.6) is 0 Å². The minimum absolute atomic E-state index is 0.354. The average molecular weight is 476 g/mol. The first-order valence-electron chi connectivity index (χ1n) is 11.7. The first-order chi connectivity index (χ1) is 16.4. The molecule has 0 radical (unpaired) electrons. The maximum absolute atomic E-state index is 6.10. The van der Waals surface area contributed by atoms with Gasteiger partial charge < -0.3 is 20.6 Å². The van der Waals surface area contributed by atoms with E-state index in [1.54, 1.807) is 0 Å². The number of aromatic nitrogens is 4. The molecule has 0 amide bonds. The van der Waals surface area contributed by atoms with Gasteiger partial charge in [0.1, 0.15) is 11.6 Å². The van der Waals surface area contributed by atoms with E-state index in [1.807, 2.05) is 12.4 Å². The van der Waals surface area contributed by atoms with Gasteiger partial charge in [0, 0.05) is 5.88 Å². The van der Waals surface area contributed by atoms with Crippen LogP contribution in [0, 0.1) is 0 Å². The van der Waals surface area contributed by atoms with Crippen LogP contribution >= 0.6 is 10.2 Å². The van der Waals surface area contributed by atoms with Crippen LogP contribution in [0.3, 0.4) is 0 Å². The molecular formula is C26H33N7S. The summed E-state index contributed by atoms with van der Waals surface area (Å²) in [6, 6.07) is 17.6. The molecule has 178 valence electrons. The highest BCUT2D eigenvalue weighted by atomic mass is 32.3. The fraction of sp³-hybridized carbons (Fsp3) is 0.308. The van der Waals surface area contributed by atoms with Gasteiger partial charge in [0.05, 0.1) is 36.4 Å². The van der Waals surface area contributed by atoms with Crippen LogP contribution in [0.25, 0.3) is 33.6 Å². The number of nitrogens with two attached hydrogens (primary N) is 1. The van der Waals surface area contributed by atoms with E-state index in [0.717, 1.165) is 53.0 Å². The lowest BCUT2D eigenvalue weighted by atomic mass is 10.0. The number of hydrogen-bond donors (Lipinski definition) is 5. The Balaban J connectivity index is 1.23. The molecule has 3 heterocycles. The molecule has 6 N–H and O–H groups in total. The van der Waals surface area contributed by atoms with Gasteiger partial charge >= 0.3 is 0 Å². The van der Waals surface area contributed by atoms with Gasteiger partial charge in [-0.1, -0.05) is 48.5 Å². The Morgan fingerprint density at radius 3 is 2.06 bits per heavy atom. The van der Waals surface area contributed by atoms with E-state index in [1.165, 1.54) is 17.5 Å². The molecule has 8 heteroatoms. The Labute approximate surface area is 202 Å². The summed E-state index contributed by atoms with van der Waals surface area (Å²) in [7, 11) is -1.05. The van der Waals surface area contributed by atoms with Gasteiger partial charge in [-0.05, 0) is 54.2 Å². The standard InChI is InChI=1S/C26H33N7S/c1-34(2,27)17-28-16-25-30-14-23(32-25)20-9-5-18(6-10-20)19-7-11-21(12-8-19)24-15-31-26(33-24)22-4-3-13-29-22/h5-12,14-15,22,28-29H,3-4,13,16-17,27H2,1-2H3,(H,30,32)(H,31,33). The van der Waals surface area contributed by atoms with Crippen LogP contribution in [-0.4, -0.2) is 44.9 Å². The number of rotatable bonds is 8. The second-order valence-corrected chi connectivity index (χ2v) is 13.0. The second-order valence-electron chi connectivity index (χ2n) is 9.42. The van der Waals surface area contributed by atoms with Crippen molar-refractivity contribution in [3.8, 4) is 33.6 Å². The van der Waals surface area contributed by atoms with Crippen LogP contribution in [0.15, 0.2) is 60.9 Å². The molecule has 5 rings (SSSR count). The number of aromatic amines is 2. The lowest BCUT2D eigenvalue weighted by Gasteiger charge is -2.24. The molecular weight excluding hydrogens is 442 g/mol. The molecule has 34 heavy (non-hydrogen) atoms. The van der Waals surface area contributed by atoms with Gasteiger partial charge in [-0.25, -0.2) is 9.97 Å². The third kappa shape index (κ3) is 5.42. The van der Waals surface area contributed by atoms with Crippen LogP contribution in [0.1, 0.15) is 30.5 Å². The van der Waals surface area contributed by atoms with Crippen molar-refractivity contribution >= 4 is 10.2 Å². The van der Waals surface area contributed by atoms with Crippen molar-refractivity contribution in [3.05, 3.63) is 72.6 Å². The van der Waals surface area contributed by atoms with Crippen molar-refractivity contribution in [2.75, 3.05) is 24.9 Å². The first-order valence-corrected chi connectivity index (χ1v) is 14.4. The van der Waals surface area contributed by atoms with Crippen molar-refractivity contribution in [1.82, 2.24) is 30.6 Å². The highest BCUT2D eigenvalue weighted by Gasteiger charge is 2.19. The van der Waals surface area contributed by atoms with Crippen LogP contribution in [0.2, 0.25) is 0 Å². The lowest BCUT2D eigenvalue weighted by Crippen LogP contribution is -2.24. The second kappa shape index (κ2) is 9.76. The molecule has 7 nitrogen and oxygen atoms in total. The Hall–Kier alpha value is -2.91. The van der Waals surface area contributed by atoms with Crippen molar-refractivity contribution in [2.45, 2.75) is 25.4 Å². The largest absolute Gasteiger partial charge is 0.341 e. The number of nitrogens with one attached hydrogen (secondary N) is 4. The predicted octanol–water partition coefficient (Wildman–Crippen LogP) is 4.54. The SMILES string of the molecule is CS(C)(N)CNCc1ncc(-c2ccc(-c3ccc(-c4cnc(C5CCCN5)[nH]4)cc3)cc2)[nH]1. The zero-order valence-corrected chi connectivity index (χ0v) is 20.6. The summed E-state index contributed by atoms with van der Waals surface area (Å²) in [6.07, 6.45) is 10.4. The van der Waals surface area contributed by atoms with Gasteiger partial charge in [0.2, 0.25) is 0 Å². The van der Waals surface area contributed by atoms with E-state index in [4.69, 9.17) is 5.14 Å². The molecule has 1 unspecified atom stereocenters. The zero-order chi connectivity index (χ0) is 23.5. The van der Waals surface area contributed by atoms with Crippen molar-refractivity contribution in [2.24, 2.45) is 5.14 Å². The van der Waals surface area contributed by atoms with Crippen molar-refractivity contribution in [1.29, 1.82) is 0 Å². The maximum atomic E-state index is 6.10. The third-order valence-electron chi connectivity index (χ3n) is 6.11. The summed E-state index contributed by atoms with van der Waals surface area (Å²) in [5.74, 6) is 2.77. The van der Waals surface area contributed by atoms with E-state index in [9.17, 15) is 0 Å². The normalized spacial score (nSPS) is 16.7. The third-order valence-corrected chi connectivity index (χ3v) is 7.05. The molecule has 4 aromatic rings. The topological polar surface area (TPSA) is 107 Å². The Morgan fingerprint density at radius 1 is 0.882 bits per heavy atom. The number of hydrogen-bond acceptors (Lipinski definition) is 5. The Kier molecular flexibility index (Phi) is 6.56. The summed E-state index contributed by atoms with van der Waals surface area (Å²) in [6.45, 7) is 1.76. The minimum atomic E-state index is -1.05. The maximum Gasteiger partial charge on any atom is 0.123 e. The molecule has 0 aliphatic carbocycles. The molecule has 1 saturated heterocycles. The summed E-state index contributed by atoms with van der Waals surface area (Å²) >= 11 is 0. The molecule has 1 aliphatic rings. The highest BCUT2D eigenvalue weighted by Crippen LogP contribution is 2.29. The predicted molar refractivity (Wildman–Crippen MR) is 142 cm³/mol. The quantitative estimate of drug-likeness (QED) is 0.257. The van der Waals surface area contributed by atoms with Crippen LogP contribution < -0.4 is 15.8 Å². The minimum Gasteiger partial charge on any atom is -0.341 e. The number of imidazole rings is 2. The summed E-state index contributed by atoms with van der Waals surface area (Å²) in [5.41, 5.74) is 6.72. The number of nitrogens with zero attached hydrogens (tertiary/aromatic N) is 2. The van der Waals surface area contributed by atoms with E-state index < -0.39 is 10.2 Å². The Morgan fingerprint density at radius 2 is 1.47 bits per heavy atom. The van der Waals surface area contributed by atoms with Crippen molar-refractivity contribution < 1.29 is 0 Å². The molecule has 1 atom stereocenters. The first kappa shape index (κ1) is 22.9. The molecule has 1 fully saturated rings. The number of benzene rings is 2. The molecule has 0 saturated carbocycles. The highest BCUT2D eigenvalue weighted by molar-refractivity contribution is 8.30. The number of H-pyrrole nitrogens is 2. The average Bonchev–Trinajstić information content (AvgIpc) is 3.60. The molecule has 2 aromatic heterocycles. The summed E-state index contributed by atoms with van der Waals surface area (Å²) in [4.78, 5) is 16.0. The van der Waals surface area contributed by atoms with Crippen LogP contribution in [-0.2, 0) is 6.54 Å². The van der Waals surface area contributed by atoms with Gasteiger partial charge in [0.15, 0.2) is 0 Å². The summed E-state index contributed by atoms with van der Waals surface area (Å²) in [5, 5.41) is 13.0. The fourth-order valence-corrected chi connectivity index (χ4v) is 4.92.